The van der Waals surface area contributed by atoms with Crippen molar-refractivity contribution in [1.82, 2.24) is 5.32 Å². The van der Waals surface area contributed by atoms with Crippen molar-refractivity contribution in [2.24, 2.45) is 0 Å². The van der Waals surface area contributed by atoms with Gasteiger partial charge < -0.3 is 10.4 Å². The van der Waals surface area contributed by atoms with Crippen molar-refractivity contribution in [3.05, 3.63) is 0 Å². The number of carboxylic acid groups (broad SMARTS) is 1. The van der Waals surface area contributed by atoms with Crippen LogP contribution in [0.15, 0.2) is 0 Å². The highest BCUT2D eigenvalue weighted by Gasteiger charge is 2.11. The second-order valence-electron chi connectivity index (χ2n) is 1.63. The molecule has 9 heavy (non-hydrogen) atoms. The molecule has 0 fully saturated rings. The van der Waals surface area contributed by atoms with E-state index in [0.29, 0.717) is 12.3 Å². The van der Waals surface area contributed by atoms with Gasteiger partial charge in [-0.25, -0.2) is 0 Å². The first-order valence-corrected chi connectivity index (χ1v) is 3.42. The van der Waals surface area contributed by atoms with E-state index in [2.05, 4.69) is 17.9 Å². The summed E-state index contributed by atoms with van der Waals surface area (Å²) in [6, 6.07) is -0.502. The fraction of sp³-hybridized carbons (Fsp3) is 0.800. The minimum absolute atomic E-state index is 0.336. The van der Waals surface area contributed by atoms with E-state index in [-0.39, 0.29) is 0 Å². The van der Waals surface area contributed by atoms with Gasteiger partial charge in [-0.1, -0.05) is 6.92 Å². The lowest BCUT2D eigenvalue weighted by Crippen LogP contribution is -2.37. The lowest BCUT2D eigenvalue weighted by Gasteiger charge is -2.07. The molecule has 0 aromatic carbocycles. The van der Waals surface area contributed by atoms with Crippen LogP contribution in [-0.4, -0.2) is 29.4 Å². The molecular formula is C5H11NO2S. The summed E-state index contributed by atoms with van der Waals surface area (Å²) < 4.78 is 0. The lowest BCUT2D eigenvalue weighted by atomic mass is 10.3. The molecule has 2 N–H and O–H groups in total. The predicted octanol–water partition coefficient (Wildman–Crippen LogP) is -0.0211. The third-order valence-corrected chi connectivity index (χ3v) is 1.30. The zero-order valence-corrected chi connectivity index (χ0v) is 6.19. The smallest absolute Gasteiger partial charge is 0.321 e. The van der Waals surface area contributed by atoms with E-state index >= 15 is 0 Å². The van der Waals surface area contributed by atoms with E-state index in [0.717, 1.165) is 0 Å². The molecule has 0 saturated carbocycles. The molecule has 0 amide bonds. The lowest BCUT2D eigenvalue weighted by molar-refractivity contribution is -0.138. The molecule has 0 saturated heterocycles. The minimum atomic E-state index is -0.841. The first kappa shape index (κ1) is 8.78. The van der Waals surface area contributed by atoms with Gasteiger partial charge in [0.15, 0.2) is 0 Å². The number of carbonyl (C=O) groups is 1. The minimum Gasteiger partial charge on any atom is -0.480 e. The average Bonchev–Trinajstić information content (AvgIpc) is 1.82. The van der Waals surface area contributed by atoms with Crippen LogP contribution < -0.4 is 5.32 Å². The Morgan fingerprint density at radius 1 is 1.89 bits per heavy atom. The summed E-state index contributed by atoms with van der Waals surface area (Å²) in [5.41, 5.74) is 0. The summed E-state index contributed by atoms with van der Waals surface area (Å²) in [7, 11) is 0. The second kappa shape index (κ2) is 4.64. The van der Waals surface area contributed by atoms with Crippen molar-refractivity contribution in [3.8, 4) is 0 Å². The maximum atomic E-state index is 10.2. The number of thiol groups is 1. The Morgan fingerprint density at radius 2 is 2.44 bits per heavy atom. The number of nitrogens with one attached hydrogen (secondary N) is 1. The highest BCUT2D eigenvalue weighted by atomic mass is 32.1. The molecule has 0 heterocycles. The molecule has 54 valence electrons. The van der Waals surface area contributed by atoms with Gasteiger partial charge in [-0.2, -0.15) is 12.6 Å². The van der Waals surface area contributed by atoms with Crippen LogP contribution in [0.5, 0.6) is 0 Å². The number of aliphatic carboxylic acids is 1. The maximum Gasteiger partial charge on any atom is 0.321 e. The van der Waals surface area contributed by atoms with Gasteiger partial charge >= 0.3 is 5.97 Å². The molecule has 1 atom stereocenters. The topological polar surface area (TPSA) is 49.3 Å². The van der Waals surface area contributed by atoms with Gasteiger partial charge in [0.1, 0.15) is 6.04 Å². The first-order chi connectivity index (χ1) is 4.22. The summed E-state index contributed by atoms with van der Waals surface area (Å²) in [6.45, 7) is 2.52. The number of likely N-dealkylation sites (N-methyl/N-ethyl adjacent to an activating group) is 1. The Bertz CT molecular complexity index is 97.0. The highest BCUT2D eigenvalue weighted by Crippen LogP contribution is 1.86. The van der Waals surface area contributed by atoms with E-state index in [9.17, 15) is 4.79 Å². The molecule has 0 aliphatic heterocycles. The Kier molecular flexibility index (Phi) is 4.53. The molecule has 3 nitrogen and oxygen atoms in total. The van der Waals surface area contributed by atoms with Crippen LogP contribution >= 0.6 is 12.6 Å². The van der Waals surface area contributed by atoms with Crippen molar-refractivity contribution < 1.29 is 9.90 Å². The third kappa shape index (κ3) is 3.37. The molecular weight excluding hydrogens is 138 g/mol. The zero-order chi connectivity index (χ0) is 7.28. The summed E-state index contributed by atoms with van der Waals surface area (Å²) in [4.78, 5) is 10.2. The molecule has 0 radical (unpaired) electrons. The number of hydrogen-bond donors (Lipinski definition) is 3. The van der Waals surface area contributed by atoms with Crippen molar-refractivity contribution in [1.29, 1.82) is 0 Å². The van der Waals surface area contributed by atoms with Crippen LogP contribution in [0, 0.1) is 0 Å². The SMILES string of the molecule is CCN[C@@H](CS)C(=O)O. The Labute approximate surface area is 59.9 Å². The van der Waals surface area contributed by atoms with E-state index in [1.54, 1.807) is 0 Å². The van der Waals surface area contributed by atoms with Crippen molar-refractivity contribution in [3.63, 3.8) is 0 Å². The van der Waals surface area contributed by atoms with Gasteiger partial charge in [0.25, 0.3) is 0 Å². The highest BCUT2D eigenvalue weighted by molar-refractivity contribution is 7.80. The van der Waals surface area contributed by atoms with Crippen LogP contribution in [0.4, 0.5) is 0 Å². The van der Waals surface area contributed by atoms with E-state index in [1.807, 2.05) is 6.92 Å². The van der Waals surface area contributed by atoms with Crippen LogP contribution in [0.1, 0.15) is 6.92 Å². The number of rotatable bonds is 4. The maximum absolute atomic E-state index is 10.2. The standard InChI is InChI=1S/C5H11NO2S/c1-2-6-4(3-9)5(7)8/h4,6,9H,2-3H2,1H3,(H,7,8)/t4-/m0/s1. The quantitative estimate of drug-likeness (QED) is 0.492. The third-order valence-electron chi connectivity index (χ3n) is 0.931. The van der Waals surface area contributed by atoms with Gasteiger partial charge in [-0.3, -0.25) is 4.79 Å². The van der Waals surface area contributed by atoms with Crippen LogP contribution in [0.3, 0.4) is 0 Å². The molecule has 0 aliphatic rings. The number of carboxylic acids is 1. The second-order valence-corrected chi connectivity index (χ2v) is 2.00. The fourth-order valence-corrected chi connectivity index (χ4v) is 0.762. The van der Waals surface area contributed by atoms with E-state index in [4.69, 9.17) is 5.11 Å². The molecule has 0 unspecified atom stereocenters. The van der Waals surface area contributed by atoms with Crippen molar-refractivity contribution >= 4 is 18.6 Å². The van der Waals surface area contributed by atoms with Gasteiger partial charge in [0.05, 0.1) is 0 Å². The summed E-state index contributed by atoms with van der Waals surface area (Å²) in [5.74, 6) is -0.504. The monoisotopic (exact) mass is 149 g/mol. The molecule has 0 bridgehead atoms. The summed E-state index contributed by atoms with van der Waals surface area (Å²) >= 11 is 3.85. The molecule has 4 heteroatoms. The largest absolute Gasteiger partial charge is 0.480 e. The molecule has 0 aromatic heterocycles. The molecule has 0 aliphatic carbocycles. The van der Waals surface area contributed by atoms with Gasteiger partial charge in [0, 0.05) is 5.75 Å². The van der Waals surface area contributed by atoms with Crippen LogP contribution in [-0.2, 0) is 4.79 Å². The summed E-state index contributed by atoms with van der Waals surface area (Å²) in [6.07, 6.45) is 0. The Hall–Kier alpha value is -0.220. The first-order valence-electron chi connectivity index (χ1n) is 2.79. The van der Waals surface area contributed by atoms with E-state index in [1.165, 1.54) is 0 Å². The van der Waals surface area contributed by atoms with Crippen molar-refractivity contribution in [2.75, 3.05) is 12.3 Å². The molecule has 0 aromatic rings. The molecule has 0 spiro atoms. The molecule has 0 rings (SSSR count). The van der Waals surface area contributed by atoms with Gasteiger partial charge in [-0.15, -0.1) is 0 Å². The fourth-order valence-electron chi connectivity index (χ4n) is 0.476. The van der Waals surface area contributed by atoms with Gasteiger partial charge in [0.2, 0.25) is 0 Å². The van der Waals surface area contributed by atoms with E-state index < -0.39 is 12.0 Å². The Balaban J connectivity index is 3.54. The predicted molar refractivity (Wildman–Crippen MR) is 39.0 cm³/mol. The average molecular weight is 149 g/mol. The van der Waals surface area contributed by atoms with Crippen molar-refractivity contribution in [2.45, 2.75) is 13.0 Å². The normalized spacial score (nSPS) is 13.1. The van der Waals surface area contributed by atoms with Crippen LogP contribution in [0.2, 0.25) is 0 Å². The van der Waals surface area contributed by atoms with Crippen LogP contribution in [0.25, 0.3) is 0 Å². The number of hydrogen-bond acceptors (Lipinski definition) is 3. The van der Waals surface area contributed by atoms with Gasteiger partial charge in [-0.05, 0) is 6.54 Å². The summed E-state index contributed by atoms with van der Waals surface area (Å²) in [5, 5.41) is 11.1. The Morgan fingerprint density at radius 3 is 2.56 bits per heavy atom. The zero-order valence-electron chi connectivity index (χ0n) is 5.29.